The van der Waals surface area contributed by atoms with Gasteiger partial charge in [-0.1, -0.05) is 6.92 Å². The quantitative estimate of drug-likeness (QED) is 0.710. The lowest BCUT2D eigenvalue weighted by Crippen LogP contribution is -2.53. The van der Waals surface area contributed by atoms with Crippen LogP contribution in [0, 0.1) is 5.92 Å². The molecule has 3 unspecified atom stereocenters. The van der Waals surface area contributed by atoms with E-state index in [1.54, 1.807) is 0 Å². The monoisotopic (exact) mass is 284 g/mol. The van der Waals surface area contributed by atoms with Crippen LogP contribution in [0.4, 0.5) is 0 Å². The van der Waals surface area contributed by atoms with E-state index in [9.17, 15) is 14.7 Å². The summed E-state index contributed by atoms with van der Waals surface area (Å²) in [7, 11) is 0. The van der Waals surface area contributed by atoms with E-state index in [1.165, 1.54) is 0 Å². The number of ether oxygens (including phenoxy) is 1. The Balaban J connectivity index is 2.04. The van der Waals surface area contributed by atoms with Gasteiger partial charge in [-0.3, -0.25) is 14.5 Å². The SMILES string of the molecule is CCCN(C(C)C(=O)NC1CC1)C1COCC1C(=O)O. The van der Waals surface area contributed by atoms with Crippen LogP contribution in [0.3, 0.4) is 0 Å². The number of amides is 1. The maximum absolute atomic E-state index is 12.2. The standard InChI is InChI=1S/C14H24N2O4/c1-3-6-16(9(2)13(17)15-10-4-5-10)12-8-20-7-11(12)14(18)19/h9-12H,3-8H2,1-2H3,(H,15,17)(H,18,19). The fraction of sp³-hybridized carbons (Fsp3) is 0.857. The molecule has 1 heterocycles. The fourth-order valence-electron chi connectivity index (χ4n) is 2.71. The highest BCUT2D eigenvalue weighted by Gasteiger charge is 2.41. The van der Waals surface area contributed by atoms with Crippen LogP contribution in [0.15, 0.2) is 0 Å². The third kappa shape index (κ3) is 3.49. The van der Waals surface area contributed by atoms with Gasteiger partial charge in [-0.25, -0.2) is 0 Å². The van der Waals surface area contributed by atoms with Crippen LogP contribution in [-0.4, -0.2) is 59.8 Å². The summed E-state index contributed by atoms with van der Waals surface area (Å²) in [5.74, 6) is -1.39. The largest absolute Gasteiger partial charge is 0.481 e. The molecule has 0 aromatic heterocycles. The van der Waals surface area contributed by atoms with Crippen LogP contribution in [0.25, 0.3) is 0 Å². The normalized spacial score (nSPS) is 27.6. The van der Waals surface area contributed by atoms with Crippen molar-refractivity contribution in [3.8, 4) is 0 Å². The number of nitrogens with zero attached hydrogens (tertiary/aromatic N) is 1. The van der Waals surface area contributed by atoms with Gasteiger partial charge in [0.05, 0.1) is 25.2 Å². The minimum Gasteiger partial charge on any atom is -0.481 e. The first-order valence-corrected chi connectivity index (χ1v) is 7.41. The Labute approximate surface area is 119 Å². The molecule has 0 radical (unpaired) electrons. The summed E-state index contributed by atoms with van der Waals surface area (Å²) in [4.78, 5) is 25.5. The highest BCUT2D eigenvalue weighted by molar-refractivity contribution is 5.82. The van der Waals surface area contributed by atoms with Gasteiger partial charge >= 0.3 is 5.97 Å². The predicted molar refractivity (Wildman–Crippen MR) is 73.4 cm³/mol. The molecule has 0 aromatic carbocycles. The molecule has 0 aromatic rings. The van der Waals surface area contributed by atoms with Crippen molar-refractivity contribution in [2.24, 2.45) is 5.92 Å². The Hall–Kier alpha value is -1.14. The van der Waals surface area contributed by atoms with E-state index in [4.69, 9.17) is 4.74 Å². The van der Waals surface area contributed by atoms with Gasteiger partial charge in [-0.2, -0.15) is 0 Å². The zero-order valence-corrected chi connectivity index (χ0v) is 12.2. The summed E-state index contributed by atoms with van der Waals surface area (Å²) >= 11 is 0. The molecule has 6 heteroatoms. The van der Waals surface area contributed by atoms with Crippen molar-refractivity contribution in [2.75, 3.05) is 19.8 Å². The predicted octanol–water partition coefficient (Wildman–Crippen LogP) is 0.465. The number of carbonyl (C=O) groups is 2. The first-order valence-electron chi connectivity index (χ1n) is 7.41. The Morgan fingerprint density at radius 1 is 1.40 bits per heavy atom. The van der Waals surface area contributed by atoms with Crippen molar-refractivity contribution in [3.05, 3.63) is 0 Å². The number of hydrogen-bond donors (Lipinski definition) is 2. The molecule has 2 rings (SSSR count). The van der Waals surface area contributed by atoms with E-state index in [1.807, 2.05) is 18.7 Å². The number of nitrogens with one attached hydrogen (secondary N) is 1. The third-order valence-corrected chi connectivity index (χ3v) is 4.08. The smallest absolute Gasteiger partial charge is 0.310 e. The molecule has 3 atom stereocenters. The first-order chi connectivity index (χ1) is 9.54. The molecule has 20 heavy (non-hydrogen) atoms. The average molecular weight is 284 g/mol. The Kier molecular flexibility index (Phi) is 4.99. The Morgan fingerprint density at radius 2 is 2.10 bits per heavy atom. The summed E-state index contributed by atoms with van der Waals surface area (Å²) < 4.78 is 5.33. The zero-order valence-electron chi connectivity index (χ0n) is 12.2. The first kappa shape index (κ1) is 15.3. The number of carbonyl (C=O) groups excluding carboxylic acids is 1. The van der Waals surface area contributed by atoms with E-state index in [2.05, 4.69) is 5.32 Å². The lowest BCUT2D eigenvalue weighted by atomic mass is 10.00. The van der Waals surface area contributed by atoms with Crippen molar-refractivity contribution in [1.29, 1.82) is 0 Å². The molecular formula is C14H24N2O4. The van der Waals surface area contributed by atoms with Gasteiger partial charge in [-0.15, -0.1) is 0 Å². The molecule has 0 spiro atoms. The van der Waals surface area contributed by atoms with Gasteiger partial charge in [0.1, 0.15) is 0 Å². The second-order valence-corrected chi connectivity index (χ2v) is 5.75. The summed E-state index contributed by atoms with van der Waals surface area (Å²) in [6, 6.07) is -0.208. The number of carboxylic acid groups (broad SMARTS) is 1. The molecule has 1 saturated heterocycles. The maximum Gasteiger partial charge on any atom is 0.310 e. The average Bonchev–Trinajstić information content (AvgIpc) is 3.08. The van der Waals surface area contributed by atoms with E-state index >= 15 is 0 Å². The number of rotatable bonds is 7. The van der Waals surface area contributed by atoms with Crippen molar-refractivity contribution >= 4 is 11.9 Å². The molecule has 2 N–H and O–H groups in total. The van der Waals surface area contributed by atoms with Crippen LogP contribution in [0.1, 0.15) is 33.1 Å². The second-order valence-electron chi connectivity index (χ2n) is 5.75. The van der Waals surface area contributed by atoms with Gasteiger partial charge in [0, 0.05) is 12.1 Å². The summed E-state index contributed by atoms with van der Waals surface area (Å²) in [6.07, 6.45) is 2.98. The molecule has 2 aliphatic rings. The lowest BCUT2D eigenvalue weighted by molar-refractivity contribution is -0.144. The molecule has 1 aliphatic carbocycles. The van der Waals surface area contributed by atoms with Crippen LogP contribution >= 0.6 is 0 Å². The van der Waals surface area contributed by atoms with E-state index < -0.39 is 11.9 Å². The Bertz CT molecular complexity index is 370. The van der Waals surface area contributed by atoms with Crippen LogP contribution in [-0.2, 0) is 14.3 Å². The van der Waals surface area contributed by atoms with Gasteiger partial charge in [0.2, 0.25) is 5.91 Å². The summed E-state index contributed by atoms with van der Waals surface area (Å²) in [5, 5.41) is 12.3. The highest BCUT2D eigenvalue weighted by Crippen LogP contribution is 2.24. The lowest BCUT2D eigenvalue weighted by Gasteiger charge is -2.34. The van der Waals surface area contributed by atoms with E-state index in [-0.39, 0.29) is 24.6 Å². The van der Waals surface area contributed by atoms with E-state index in [0.29, 0.717) is 19.2 Å². The summed E-state index contributed by atoms with van der Waals surface area (Å²) in [6.45, 7) is 5.21. The summed E-state index contributed by atoms with van der Waals surface area (Å²) in [5.41, 5.74) is 0. The third-order valence-electron chi connectivity index (χ3n) is 4.08. The van der Waals surface area contributed by atoms with Crippen molar-refractivity contribution in [3.63, 3.8) is 0 Å². The topological polar surface area (TPSA) is 78.9 Å². The molecule has 6 nitrogen and oxygen atoms in total. The maximum atomic E-state index is 12.2. The number of hydrogen-bond acceptors (Lipinski definition) is 4. The molecule has 0 bridgehead atoms. The van der Waals surface area contributed by atoms with Crippen molar-refractivity contribution < 1.29 is 19.4 Å². The zero-order chi connectivity index (χ0) is 14.7. The molecule has 1 amide bonds. The fourth-order valence-corrected chi connectivity index (χ4v) is 2.71. The van der Waals surface area contributed by atoms with Crippen LogP contribution in [0.5, 0.6) is 0 Å². The van der Waals surface area contributed by atoms with Crippen LogP contribution < -0.4 is 5.32 Å². The Morgan fingerprint density at radius 3 is 2.65 bits per heavy atom. The second kappa shape index (κ2) is 6.54. The van der Waals surface area contributed by atoms with Crippen LogP contribution in [0.2, 0.25) is 0 Å². The molecular weight excluding hydrogens is 260 g/mol. The minimum absolute atomic E-state index is 0.00279. The van der Waals surface area contributed by atoms with Gasteiger partial charge < -0.3 is 15.2 Å². The number of aliphatic carboxylic acids is 1. The van der Waals surface area contributed by atoms with Crippen molar-refractivity contribution in [2.45, 2.75) is 51.2 Å². The minimum atomic E-state index is -0.844. The molecule has 2 fully saturated rings. The van der Waals surface area contributed by atoms with E-state index in [0.717, 1.165) is 19.3 Å². The van der Waals surface area contributed by atoms with Crippen molar-refractivity contribution in [1.82, 2.24) is 10.2 Å². The molecule has 1 saturated carbocycles. The van der Waals surface area contributed by atoms with Gasteiger partial charge in [-0.05, 0) is 32.7 Å². The highest BCUT2D eigenvalue weighted by atomic mass is 16.5. The number of carboxylic acids is 1. The van der Waals surface area contributed by atoms with Gasteiger partial charge in [0.15, 0.2) is 0 Å². The molecule has 1 aliphatic heterocycles. The molecule has 114 valence electrons. The van der Waals surface area contributed by atoms with Gasteiger partial charge in [0.25, 0.3) is 0 Å².